The number of aryl methyl sites for hydroxylation is 1. The predicted octanol–water partition coefficient (Wildman–Crippen LogP) is 3.76. The topological polar surface area (TPSA) is 38.2 Å². The lowest BCUT2D eigenvalue weighted by molar-refractivity contribution is 0.170. The van der Waals surface area contributed by atoms with Crippen molar-refractivity contribution in [2.75, 3.05) is 18.0 Å². The van der Waals surface area contributed by atoms with Gasteiger partial charge in [-0.1, -0.05) is 0 Å². The molecule has 122 valence electrons. The largest absolute Gasteiger partial charge is 0.490 e. The monoisotopic (exact) mass is 339 g/mol. The Labute approximate surface area is 138 Å². The fourth-order valence-electron chi connectivity index (χ4n) is 2.62. The summed E-state index contributed by atoms with van der Waals surface area (Å²) >= 11 is 5.89. The van der Waals surface area contributed by atoms with Crippen LogP contribution in [0.3, 0.4) is 0 Å². The molecular formula is C16H16ClF2N3O. The average Bonchev–Trinajstić information content (AvgIpc) is 2.51. The Balaban J connectivity index is 1.60. The maximum Gasteiger partial charge on any atom is 0.224 e. The van der Waals surface area contributed by atoms with E-state index in [1.54, 1.807) is 0 Å². The van der Waals surface area contributed by atoms with Crippen LogP contribution in [-0.4, -0.2) is 29.2 Å². The Morgan fingerprint density at radius 3 is 2.52 bits per heavy atom. The fourth-order valence-corrected chi connectivity index (χ4v) is 2.84. The highest BCUT2D eigenvalue weighted by Gasteiger charge is 2.22. The lowest BCUT2D eigenvalue weighted by Gasteiger charge is -2.33. The molecule has 4 nitrogen and oxygen atoms in total. The third kappa shape index (κ3) is 3.88. The van der Waals surface area contributed by atoms with Crippen LogP contribution in [0.4, 0.5) is 14.6 Å². The first kappa shape index (κ1) is 15.9. The Morgan fingerprint density at radius 1 is 1.13 bits per heavy atom. The Morgan fingerprint density at radius 2 is 1.87 bits per heavy atom. The summed E-state index contributed by atoms with van der Waals surface area (Å²) in [6.45, 7) is 3.37. The molecule has 0 aliphatic carbocycles. The van der Waals surface area contributed by atoms with Crippen molar-refractivity contribution in [2.24, 2.45) is 0 Å². The zero-order valence-corrected chi connectivity index (χ0v) is 13.4. The molecule has 0 amide bonds. The van der Waals surface area contributed by atoms with Crippen molar-refractivity contribution in [2.45, 2.75) is 25.9 Å². The fraction of sp³-hybridized carbons (Fsp3) is 0.375. The van der Waals surface area contributed by atoms with E-state index in [-0.39, 0.29) is 11.4 Å². The SMILES string of the molecule is Cc1cc(N2CCC(Oc3ccc(F)c(F)c3)CC2)nc(Cl)n1. The van der Waals surface area contributed by atoms with Crippen molar-refractivity contribution in [1.29, 1.82) is 0 Å². The Kier molecular flexibility index (Phi) is 4.61. The first-order valence-electron chi connectivity index (χ1n) is 7.39. The molecule has 1 saturated heterocycles. The second kappa shape index (κ2) is 6.66. The van der Waals surface area contributed by atoms with Crippen molar-refractivity contribution in [3.05, 3.63) is 46.9 Å². The number of hydrogen-bond acceptors (Lipinski definition) is 4. The summed E-state index contributed by atoms with van der Waals surface area (Å²) in [5, 5.41) is 0.236. The predicted molar refractivity (Wildman–Crippen MR) is 84.0 cm³/mol. The molecule has 23 heavy (non-hydrogen) atoms. The number of benzene rings is 1. The summed E-state index contributed by atoms with van der Waals surface area (Å²) in [7, 11) is 0. The van der Waals surface area contributed by atoms with Crippen LogP contribution in [0.25, 0.3) is 0 Å². The molecule has 1 aromatic carbocycles. The summed E-state index contributed by atoms with van der Waals surface area (Å²) in [6.07, 6.45) is 1.49. The van der Waals surface area contributed by atoms with E-state index in [1.807, 2.05) is 13.0 Å². The van der Waals surface area contributed by atoms with Gasteiger partial charge in [-0.25, -0.2) is 18.7 Å². The molecule has 3 rings (SSSR count). The van der Waals surface area contributed by atoms with E-state index < -0.39 is 11.6 Å². The van der Waals surface area contributed by atoms with Gasteiger partial charge in [-0.2, -0.15) is 0 Å². The Bertz CT molecular complexity index is 685. The number of aromatic nitrogens is 2. The van der Waals surface area contributed by atoms with Crippen LogP contribution < -0.4 is 9.64 Å². The zero-order valence-electron chi connectivity index (χ0n) is 12.6. The molecular weight excluding hydrogens is 324 g/mol. The van der Waals surface area contributed by atoms with Gasteiger partial charge in [-0.3, -0.25) is 0 Å². The minimum atomic E-state index is -0.897. The van der Waals surface area contributed by atoms with E-state index in [9.17, 15) is 8.78 Å². The first-order chi connectivity index (χ1) is 11.0. The van der Waals surface area contributed by atoms with Crippen molar-refractivity contribution >= 4 is 17.4 Å². The van der Waals surface area contributed by atoms with Crippen LogP contribution in [0.2, 0.25) is 5.28 Å². The average molecular weight is 340 g/mol. The summed E-state index contributed by atoms with van der Waals surface area (Å²) in [6, 6.07) is 5.49. The van der Waals surface area contributed by atoms with E-state index in [0.29, 0.717) is 5.75 Å². The molecule has 1 fully saturated rings. The van der Waals surface area contributed by atoms with Crippen LogP contribution in [0.1, 0.15) is 18.5 Å². The third-order valence-corrected chi connectivity index (χ3v) is 3.94. The molecule has 7 heteroatoms. The molecule has 0 atom stereocenters. The summed E-state index contributed by atoms with van der Waals surface area (Å²) in [5.41, 5.74) is 0.820. The summed E-state index contributed by atoms with van der Waals surface area (Å²) in [5.74, 6) is -0.619. The van der Waals surface area contributed by atoms with E-state index >= 15 is 0 Å². The molecule has 2 heterocycles. The van der Waals surface area contributed by atoms with E-state index in [1.165, 1.54) is 6.07 Å². The van der Waals surface area contributed by atoms with Gasteiger partial charge >= 0.3 is 0 Å². The van der Waals surface area contributed by atoms with Gasteiger partial charge in [0.25, 0.3) is 0 Å². The second-order valence-corrected chi connectivity index (χ2v) is 5.85. The second-order valence-electron chi connectivity index (χ2n) is 5.52. The number of halogens is 3. The normalized spacial score (nSPS) is 15.7. The molecule has 0 N–H and O–H groups in total. The summed E-state index contributed by atoms with van der Waals surface area (Å²) < 4.78 is 31.9. The van der Waals surface area contributed by atoms with Crippen LogP contribution in [0.15, 0.2) is 24.3 Å². The lowest BCUT2D eigenvalue weighted by Crippen LogP contribution is -2.38. The highest BCUT2D eigenvalue weighted by Crippen LogP contribution is 2.24. The van der Waals surface area contributed by atoms with Crippen LogP contribution in [-0.2, 0) is 0 Å². The van der Waals surface area contributed by atoms with E-state index in [4.69, 9.17) is 16.3 Å². The van der Waals surface area contributed by atoms with Gasteiger partial charge in [0.15, 0.2) is 11.6 Å². The molecule has 0 unspecified atom stereocenters. The minimum absolute atomic E-state index is 0.0329. The van der Waals surface area contributed by atoms with Crippen LogP contribution >= 0.6 is 11.6 Å². The quantitative estimate of drug-likeness (QED) is 0.798. The molecule has 0 spiro atoms. The molecule has 0 saturated carbocycles. The van der Waals surface area contributed by atoms with Gasteiger partial charge in [0.05, 0.1) is 0 Å². The minimum Gasteiger partial charge on any atom is -0.490 e. The van der Waals surface area contributed by atoms with Gasteiger partial charge < -0.3 is 9.64 Å². The summed E-state index contributed by atoms with van der Waals surface area (Å²) in [4.78, 5) is 10.4. The first-order valence-corrected chi connectivity index (χ1v) is 7.77. The molecule has 1 aliphatic rings. The zero-order chi connectivity index (χ0) is 16.4. The van der Waals surface area contributed by atoms with E-state index in [2.05, 4.69) is 14.9 Å². The Hall–Kier alpha value is -1.95. The number of rotatable bonds is 3. The van der Waals surface area contributed by atoms with E-state index in [0.717, 1.165) is 49.6 Å². The van der Waals surface area contributed by atoms with Crippen molar-refractivity contribution in [3.63, 3.8) is 0 Å². The highest BCUT2D eigenvalue weighted by molar-refractivity contribution is 6.28. The van der Waals surface area contributed by atoms with Crippen LogP contribution in [0.5, 0.6) is 5.75 Å². The van der Waals surface area contributed by atoms with Gasteiger partial charge in [0, 0.05) is 43.8 Å². The molecule has 0 bridgehead atoms. The maximum absolute atomic E-state index is 13.2. The lowest BCUT2D eigenvalue weighted by atomic mass is 10.1. The highest BCUT2D eigenvalue weighted by atomic mass is 35.5. The third-order valence-electron chi connectivity index (χ3n) is 3.77. The van der Waals surface area contributed by atoms with Crippen molar-refractivity contribution < 1.29 is 13.5 Å². The van der Waals surface area contributed by atoms with Crippen molar-refractivity contribution in [1.82, 2.24) is 9.97 Å². The molecule has 0 radical (unpaired) electrons. The standard InChI is InChI=1S/C16H16ClF2N3O/c1-10-8-15(21-16(17)20-10)22-6-4-11(5-7-22)23-12-2-3-13(18)14(19)9-12/h2-3,8-9,11H,4-7H2,1H3. The smallest absolute Gasteiger partial charge is 0.224 e. The molecule has 1 aliphatic heterocycles. The molecule has 1 aromatic heterocycles. The maximum atomic E-state index is 13.2. The number of nitrogens with zero attached hydrogens (tertiary/aromatic N) is 3. The van der Waals surface area contributed by atoms with Crippen molar-refractivity contribution in [3.8, 4) is 5.75 Å². The number of ether oxygens (including phenoxy) is 1. The molecule has 2 aromatic rings. The van der Waals surface area contributed by atoms with Crippen LogP contribution in [0, 0.1) is 18.6 Å². The number of hydrogen-bond donors (Lipinski definition) is 0. The van der Waals surface area contributed by atoms with Gasteiger partial charge in [0.2, 0.25) is 5.28 Å². The van der Waals surface area contributed by atoms with Gasteiger partial charge in [-0.15, -0.1) is 0 Å². The number of piperidine rings is 1. The van der Waals surface area contributed by atoms with Gasteiger partial charge in [0.1, 0.15) is 17.7 Å². The van der Waals surface area contributed by atoms with Gasteiger partial charge in [-0.05, 0) is 30.7 Å². The number of anilines is 1.